The Hall–Kier alpha value is -2.75. The average Bonchev–Trinajstić information content (AvgIpc) is 3.25. The lowest BCUT2D eigenvalue weighted by atomic mass is 10.2. The second kappa shape index (κ2) is 10.3. The maximum atomic E-state index is 12.7. The lowest BCUT2D eigenvalue weighted by Crippen LogP contribution is -2.32. The molecule has 6 nitrogen and oxygen atoms in total. The summed E-state index contributed by atoms with van der Waals surface area (Å²) < 4.78 is 0.969. The van der Waals surface area contributed by atoms with Gasteiger partial charge >= 0.3 is 0 Å². The first-order chi connectivity index (χ1) is 14.4. The van der Waals surface area contributed by atoms with Crippen LogP contribution in [0.5, 0.6) is 5.75 Å². The first kappa shape index (κ1) is 21.9. The fourth-order valence-electron chi connectivity index (χ4n) is 2.34. The number of benzene rings is 2. The molecule has 0 saturated carbocycles. The Morgan fingerprint density at radius 2 is 1.73 bits per heavy atom. The number of hydrazone groups is 1. The van der Waals surface area contributed by atoms with Crippen LogP contribution in [0.4, 0.5) is 0 Å². The molecular formula is C21H15Br2N3O3S. The van der Waals surface area contributed by atoms with E-state index in [9.17, 15) is 14.7 Å². The van der Waals surface area contributed by atoms with Crippen molar-refractivity contribution in [3.8, 4) is 5.75 Å². The van der Waals surface area contributed by atoms with Gasteiger partial charge in [0.05, 0.1) is 15.2 Å². The molecule has 1 aromatic heterocycles. The normalized spacial score (nSPS) is 11.5. The number of rotatable bonds is 6. The molecule has 0 unspecified atom stereocenters. The minimum atomic E-state index is -0.569. The summed E-state index contributed by atoms with van der Waals surface area (Å²) >= 11 is 7.91. The number of amides is 2. The van der Waals surface area contributed by atoms with Gasteiger partial charge in [-0.25, -0.2) is 5.43 Å². The number of halogens is 2. The van der Waals surface area contributed by atoms with Crippen LogP contribution < -0.4 is 10.7 Å². The first-order valence-electron chi connectivity index (χ1n) is 8.57. The molecule has 0 aliphatic heterocycles. The van der Waals surface area contributed by atoms with Crippen LogP contribution >= 0.6 is 43.2 Å². The van der Waals surface area contributed by atoms with Crippen molar-refractivity contribution in [2.24, 2.45) is 5.10 Å². The fourth-order valence-corrected chi connectivity index (χ4v) is 4.22. The van der Waals surface area contributed by atoms with E-state index >= 15 is 0 Å². The number of thiophene rings is 1. The second-order valence-electron chi connectivity index (χ2n) is 5.93. The van der Waals surface area contributed by atoms with Crippen LogP contribution in [0.15, 0.2) is 79.7 Å². The molecule has 0 bridgehead atoms. The molecule has 0 saturated heterocycles. The molecule has 0 radical (unpaired) electrons. The van der Waals surface area contributed by atoms with Gasteiger partial charge < -0.3 is 10.4 Å². The minimum Gasteiger partial charge on any atom is -0.506 e. The van der Waals surface area contributed by atoms with Crippen molar-refractivity contribution in [3.63, 3.8) is 0 Å². The van der Waals surface area contributed by atoms with E-state index < -0.39 is 11.8 Å². The number of phenols is 1. The number of aromatic hydroxyl groups is 1. The van der Waals surface area contributed by atoms with E-state index in [-0.39, 0.29) is 11.4 Å². The van der Waals surface area contributed by atoms with Gasteiger partial charge in [-0.15, -0.1) is 11.3 Å². The Balaban J connectivity index is 1.76. The Morgan fingerprint density at radius 1 is 1.03 bits per heavy atom. The molecule has 2 aromatic carbocycles. The summed E-state index contributed by atoms with van der Waals surface area (Å²) in [5, 5.41) is 18.2. The Kier molecular flexibility index (Phi) is 7.56. The van der Waals surface area contributed by atoms with Gasteiger partial charge in [0.15, 0.2) is 0 Å². The third-order valence-corrected chi connectivity index (χ3v) is 5.81. The van der Waals surface area contributed by atoms with Gasteiger partial charge in [-0.1, -0.05) is 24.3 Å². The van der Waals surface area contributed by atoms with Crippen molar-refractivity contribution in [1.82, 2.24) is 10.7 Å². The molecule has 3 N–H and O–H groups in total. The Morgan fingerprint density at radius 3 is 2.37 bits per heavy atom. The molecule has 152 valence electrons. The number of hydrogen-bond donors (Lipinski definition) is 3. The fraction of sp³-hybridized carbons (Fsp3) is 0. The van der Waals surface area contributed by atoms with Crippen molar-refractivity contribution in [2.75, 3.05) is 0 Å². The van der Waals surface area contributed by atoms with Crippen LogP contribution in [0, 0.1) is 0 Å². The molecular weight excluding hydrogens is 534 g/mol. The summed E-state index contributed by atoms with van der Waals surface area (Å²) in [6.07, 6.45) is 3.01. The van der Waals surface area contributed by atoms with Crippen molar-refractivity contribution in [2.45, 2.75) is 0 Å². The highest BCUT2D eigenvalue weighted by Crippen LogP contribution is 2.32. The molecule has 30 heavy (non-hydrogen) atoms. The summed E-state index contributed by atoms with van der Waals surface area (Å²) in [6, 6.07) is 15.6. The number of carbonyl (C=O) groups is 2. The number of nitrogens with one attached hydrogen (secondary N) is 2. The minimum absolute atomic E-state index is 0.0662. The highest BCUT2D eigenvalue weighted by atomic mass is 79.9. The van der Waals surface area contributed by atoms with Gasteiger partial charge in [-0.3, -0.25) is 9.59 Å². The highest BCUT2D eigenvalue weighted by molar-refractivity contribution is 9.11. The standard InChI is InChI=1S/C21H15Br2N3O3S/c22-16-9-13(10-17(23)19(16)27)12-24-26-21(29)18(11-15-7-4-8-30-15)25-20(28)14-5-2-1-3-6-14/h1-12,27H,(H,25,28)(H,26,29)/b18-11+,24-12+. The molecule has 0 aliphatic rings. The lowest BCUT2D eigenvalue weighted by molar-refractivity contribution is -0.117. The van der Waals surface area contributed by atoms with Crippen LogP contribution in [-0.2, 0) is 4.79 Å². The van der Waals surface area contributed by atoms with Gasteiger partial charge in [0.25, 0.3) is 11.8 Å². The van der Waals surface area contributed by atoms with E-state index in [1.54, 1.807) is 48.5 Å². The summed E-state index contributed by atoms with van der Waals surface area (Å²) in [5.74, 6) is -0.897. The first-order valence-corrected chi connectivity index (χ1v) is 11.0. The number of hydrogen-bond acceptors (Lipinski definition) is 5. The van der Waals surface area contributed by atoms with Gasteiger partial charge in [-0.2, -0.15) is 5.10 Å². The maximum Gasteiger partial charge on any atom is 0.287 e. The molecule has 2 amide bonds. The number of carbonyl (C=O) groups excluding carboxylic acids is 2. The number of nitrogens with zero attached hydrogens (tertiary/aromatic N) is 1. The predicted molar refractivity (Wildman–Crippen MR) is 125 cm³/mol. The topological polar surface area (TPSA) is 90.8 Å². The zero-order valence-electron chi connectivity index (χ0n) is 15.3. The lowest BCUT2D eigenvalue weighted by Gasteiger charge is -2.08. The molecule has 0 fully saturated rings. The molecule has 1 heterocycles. The molecule has 3 aromatic rings. The average molecular weight is 549 g/mol. The zero-order chi connectivity index (χ0) is 21.5. The Bertz CT molecular complexity index is 1090. The van der Waals surface area contributed by atoms with E-state index in [0.717, 1.165) is 4.88 Å². The van der Waals surface area contributed by atoms with E-state index in [0.29, 0.717) is 20.1 Å². The second-order valence-corrected chi connectivity index (χ2v) is 8.61. The van der Waals surface area contributed by atoms with Crippen molar-refractivity contribution >= 4 is 67.3 Å². The Labute approximate surface area is 193 Å². The molecule has 9 heteroatoms. The highest BCUT2D eigenvalue weighted by Gasteiger charge is 2.14. The zero-order valence-corrected chi connectivity index (χ0v) is 19.3. The van der Waals surface area contributed by atoms with E-state index in [1.807, 2.05) is 17.5 Å². The van der Waals surface area contributed by atoms with Crippen molar-refractivity contribution < 1.29 is 14.7 Å². The summed E-state index contributed by atoms with van der Waals surface area (Å²) in [4.78, 5) is 26.0. The summed E-state index contributed by atoms with van der Waals surface area (Å²) in [7, 11) is 0. The summed E-state index contributed by atoms with van der Waals surface area (Å²) in [6.45, 7) is 0. The van der Waals surface area contributed by atoms with Gasteiger partial charge in [0.2, 0.25) is 0 Å². The van der Waals surface area contributed by atoms with Crippen LogP contribution in [0.25, 0.3) is 6.08 Å². The molecule has 0 atom stereocenters. The molecule has 3 rings (SSSR count). The van der Waals surface area contributed by atoms with Crippen molar-refractivity contribution in [1.29, 1.82) is 0 Å². The van der Waals surface area contributed by atoms with Gasteiger partial charge in [-0.05, 0) is 79.2 Å². The van der Waals surface area contributed by atoms with Crippen LogP contribution in [0.2, 0.25) is 0 Å². The molecule has 0 aliphatic carbocycles. The largest absolute Gasteiger partial charge is 0.506 e. The smallest absolute Gasteiger partial charge is 0.287 e. The monoisotopic (exact) mass is 547 g/mol. The third kappa shape index (κ3) is 5.88. The van der Waals surface area contributed by atoms with Crippen LogP contribution in [-0.4, -0.2) is 23.1 Å². The van der Waals surface area contributed by atoms with E-state index in [2.05, 4.69) is 47.7 Å². The number of phenolic OH excluding ortho intramolecular Hbond substituents is 1. The van der Waals surface area contributed by atoms with Crippen LogP contribution in [0.1, 0.15) is 20.8 Å². The van der Waals surface area contributed by atoms with Gasteiger partial charge in [0, 0.05) is 10.4 Å². The predicted octanol–water partition coefficient (Wildman–Crippen LogP) is 4.90. The maximum absolute atomic E-state index is 12.7. The van der Waals surface area contributed by atoms with E-state index in [4.69, 9.17) is 0 Å². The van der Waals surface area contributed by atoms with Crippen LogP contribution in [0.3, 0.4) is 0 Å². The summed E-state index contributed by atoms with van der Waals surface area (Å²) in [5.41, 5.74) is 3.56. The quantitative estimate of drug-likeness (QED) is 0.232. The van der Waals surface area contributed by atoms with Gasteiger partial charge in [0.1, 0.15) is 11.4 Å². The van der Waals surface area contributed by atoms with E-state index in [1.165, 1.54) is 17.6 Å². The third-order valence-electron chi connectivity index (χ3n) is 3.78. The van der Waals surface area contributed by atoms with Crippen molar-refractivity contribution in [3.05, 3.63) is 90.6 Å². The molecule has 0 spiro atoms. The SMILES string of the molecule is O=C(N/N=C/c1cc(Br)c(O)c(Br)c1)/C(=C\c1cccs1)NC(=O)c1ccccc1.